The molecule has 17 heavy (non-hydrogen) atoms. The Balaban J connectivity index is 1.66. The van der Waals surface area contributed by atoms with Crippen molar-refractivity contribution in [3.05, 3.63) is 12.2 Å². The minimum absolute atomic E-state index is 0.512. The number of nitrogens with one attached hydrogen (secondary N) is 1. The molecular weight excluding hydrogens is 210 g/mol. The number of hydrogen-bond acceptors (Lipinski definition) is 2. The summed E-state index contributed by atoms with van der Waals surface area (Å²) in [7, 11) is 0. The standard InChI is InChI=1S/C15H27NO/c1-2-6-15-11-14(9-10-17-15)16-12-13-7-4-3-5-8-13/h3-4,13-16H,2,5-12H2,1H3. The fourth-order valence-corrected chi connectivity index (χ4v) is 2.96. The van der Waals surface area contributed by atoms with E-state index in [1.165, 1.54) is 51.5 Å². The van der Waals surface area contributed by atoms with E-state index < -0.39 is 0 Å². The minimum Gasteiger partial charge on any atom is -0.378 e. The molecule has 0 saturated carbocycles. The van der Waals surface area contributed by atoms with Crippen LogP contribution in [-0.4, -0.2) is 25.3 Å². The molecule has 0 aromatic carbocycles. The third-order valence-electron chi connectivity index (χ3n) is 4.05. The third kappa shape index (κ3) is 4.44. The average Bonchev–Trinajstić information content (AvgIpc) is 2.39. The summed E-state index contributed by atoms with van der Waals surface area (Å²) < 4.78 is 5.79. The molecule has 1 aliphatic carbocycles. The molecule has 2 aliphatic rings. The molecule has 2 nitrogen and oxygen atoms in total. The summed E-state index contributed by atoms with van der Waals surface area (Å²) in [4.78, 5) is 0. The van der Waals surface area contributed by atoms with Gasteiger partial charge in [0.25, 0.3) is 0 Å². The molecule has 0 aromatic heterocycles. The van der Waals surface area contributed by atoms with Gasteiger partial charge in [0.05, 0.1) is 6.10 Å². The Labute approximate surface area is 106 Å². The number of hydrogen-bond donors (Lipinski definition) is 1. The third-order valence-corrected chi connectivity index (χ3v) is 4.05. The van der Waals surface area contributed by atoms with Crippen molar-refractivity contribution < 1.29 is 4.74 Å². The van der Waals surface area contributed by atoms with Crippen LogP contribution in [0.15, 0.2) is 12.2 Å². The quantitative estimate of drug-likeness (QED) is 0.741. The Kier molecular flexibility index (Phi) is 5.53. The smallest absolute Gasteiger partial charge is 0.0589 e. The molecule has 3 atom stereocenters. The van der Waals surface area contributed by atoms with E-state index in [9.17, 15) is 0 Å². The lowest BCUT2D eigenvalue weighted by atomic mass is 9.93. The number of rotatable bonds is 5. The SMILES string of the molecule is CCCC1CC(NCC2CC=CCC2)CCO1. The summed E-state index contributed by atoms with van der Waals surface area (Å²) in [5, 5.41) is 3.77. The van der Waals surface area contributed by atoms with Gasteiger partial charge in [-0.3, -0.25) is 0 Å². The fraction of sp³-hybridized carbons (Fsp3) is 0.867. The van der Waals surface area contributed by atoms with Crippen molar-refractivity contribution in [1.29, 1.82) is 0 Å². The summed E-state index contributed by atoms with van der Waals surface area (Å²) in [6, 6.07) is 0.700. The molecule has 0 aromatic rings. The number of ether oxygens (including phenoxy) is 1. The summed E-state index contributed by atoms with van der Waals surface area (Å²) in [5.74, 6) is 0.868. The Hall–Kier alpha value is -0.340. The zero-order valence-electron chi connectivity index (χ0n) is 11.2. The highest BCUT2D eigenvalue weighted by Gasteiger charge is 2.22. The molecule has 0 spiro atoms. The van der Waals surface area contributed by atoms with Gasteiger partial charge in [0.1, 0.15) is 0 Å². The summed E-state index contributed by atoms with van der Waals surface area (Å²) in [6.07, 6.45) is 14.0. The normalized spacial score (nSPS) is 33.8. The van der Waals surface area contributed by atoms with Gasteiger partial charge in [0.15, 0.2) is 0 Å². The van der Waals surface area contributed by atoms with Crippen LogP contribution >= 0.6 is 0 Å². The van der Waals surface area contributed by atoms with E-state index in [2.05, 4.69) is 24.4 Å². The highest BCUT2D eigenvalue weighted by atomic mass is 16.5. The van der Waals surface area contributed by atoms with Crippen molar-refractivity contribution >= 4 is 0 Å². The van der Waals surface area contributed by atoms with Crippen molar-refractivity contribution in [1.82, 2.24) is 5.32 Å². The van der Waals surface area contributed by atoms with Crippen LogP contribution in [0.5, 0.6) is 0 Å². The van der Waals surface area contributed by atoms with E-state index in [0.717, 1.165) is 12.5 Å². The van der Waals surface area contributed by atoms with E-state index in [4.69, 9.17) is 4.74 Å². The van der Waals surface area contributed by atoms with Gasteiger partial charge < -0.3 is 10.1 Å². The van der Waals surface area contributed by atoms with E-state index in [1.54, 1.807) is 0 Å². The van der Waals surface area contributed by atoms with Crippen LogP contribution in [-0.2, 0) is 4.74 Å². The molecule has 1 saturated heterocycles. The van der Waals surface area contributed by atoms with Crippen molar-refractivity contribution in [2.75, 3.05) is 13.2 Å². The Bertz CT molecular complexity index is 237. The highest BCUT2D eigenvalue weighted by Crippen LogP contribution is 2.20. The van der Waals surface area contributed by atoms with Crippen LogP contribution in [0.25, 0.3) is 0 Å². The zero-order chi connectivity index (χ0) is 11.9. The molecule has 0 radical (unpaired) electrons. The van der Waals surface area contributed by atoms with Gasteiger partial charge >= 0.3 is 0 Å². The van der Waals surface area contributed by atoms with Crippen LogP contribution in [0.1, 0.15) is 51.9 Å². The van der Waals surface area contributed by atoms with Gasteiger partial charge in [-0.25, -0.2) is 0 Å². The molecule has 3 unspecified atom stereocenters. The van der Waals surface area contributed by atoms with Gasteiger partial charge in [-0.05, 0) is 51.0 Å². The molecule has 1 N–H and O–H groups in total. The van der Waals surface area contributed by atoms with Crippen molar-refractivity contribution in [2.45, 2.75) is 64.0 Å². The maximum Gasteiger partial charge on any atom is 0.0589 e. The van der Waals surface area contributed by atoms with Gasteiger partial charge in [0.2, 0.25) is 0 Å². The molecule has 2 rings (SSSR count). The van der Waals surface area contributed by atoms with Gasteiger partial charge in [-0.1, -0.05) is 25.5 Å². The largest absolute Gasteiger partial charge is 0.378 e. The Morgan fingerprint density at radius 2 is 2.24 bits per heavy atom. The van der Waals surface area contributed by atoms with Crippen LogP contribution in [0.4, 0.5) is 0 Å². The van der Waals surface area contributed by atoms with Gasteiger partial charge in [-0.15, -0.1) is 0 Å². The van der Waals surface area contributed by atoms with E-state index in [1.807, 2.05) is 0 Å². The van der Waals surface area contributed by atoms with E-state index in [-0.39, 0.29) is 0 Å². The molecule has 1 heterocycles. The van der Waals surface area contributed by atoms with E-state index in [0.29, 0.717) is 12.1 Å². The van der Waals surface area contributed by atoms with Gasteiger partial charge in [0, 0.05) is 12.6 Å². The lowest BCUT2D eigenvalue weighted by Crippen LogP contribution is -2.41. The molecule has 0 amide bonds. The van der Waals surface area contributed by atoms with Crippen molar-refractivity contribution in [3.63, 3.8) is 0 Å². The highest BCUT2D eigenvalue weighted by molar-refractivity contribution is 4.91. The van der Waals surface area contributed by atoms with E-state index >= 15 is 0 Å². The first-order valence-electron chi connectivity index (χ1n) is 7.38. The molecule has 1 fully saturated rings. The first-order valence-corrected chi connectivity index (χ1v) is 7.38. The second kappa shape index (κ2) is 7.17. The van der Waals surface area contributed by atoms with Crippen molar-refractivity contribution in [2.24, 2.45) is 5.92 Å². The van der Waals surface area contributed by atoms with Crippen LogP contribution in [0.3, 0.4) is 0 Å². The lowest BCUT2D eigenvalue weighted by Gasteiger charge is -2.31. The monoisotopic (exact) mass is 237 g/mol. The fourth-order valence-electron chi connectivity index (χ4n) is 2.96. The lowest BCUT2D eigenvalue weighted by molar-refractivity contribution is -0.00373. The molecule has 0 bridgehead atoms. The predicted molar refractivity (Wildman–Crippen MR) is 72.2 cm³/mol. The topological polar surface area (TPSA) is 21.3 Å². The summed E-state index contributed by atoms with van der Waals surface area (Å²) >= 11 is 0. The minimum atomic E-state index is 0.512. The Morgan fingerprint density at radius 1 is 1.29 bits per heavy atom. The zero-order valence-corrected chi connectivity index (χ0v) is 11.2. The van der Waals surface area contributed by atoms with Crippen LogP contribution in [0, 0.1) is 5.92 Å². The predicted octanol–water partition coefficient (Wildman–Crippen LogP) is 3.28. The van der Waals surface area contributed by atoms with Crippen LogP contribution < -0.4 is 5.32 Å². The average molecular weight is 237 g/mol. The second-order valence-corrected chi connectivity index (χ2v) is 5.56. The molecule has 2 heteroatoms. The molecular formula is C15H27NO. The maximum absolute atomic E-state index is 5.79. The van der Waals surface area contributed by atoms with Gasteiger partial charge in [-0.2, -0.15) is 0 Å². The second-order valence-electron chi connectivity index (χ2n) is 5.56. The Morgan fingerprint density at radius 3 is 3.00 bits per heavy atom. The molecule has 98 valence electrons. The summed E-state index contributed by atoms with van der Waals surface area (Å²) in [5.41, 5.74) is 0. The maximum atomic E-state index is 5.79. The summed E-state index contributed by atoms with van der Waals surface area (Å²) in [6.45, 7) is 4.40. The molecule has 1 aliphatic heterocycles. The first-order chi connectivity index (χ1) is 8.38. The number of allylic oxidation sites excluding steroid dienone is 2. The van der Waals surface area contributed by atoms with Crippen LogP contribution in [0.2, 0.25) is 0 Å². The first kappa shape index (κ1) is 13.1. The van der Waals surface area contributed by atoms with Crippen molar-refractivity contribution in [3.8, 4) is 0 Å².